The van der Waals surface area contributed by atoms with Gasteiger partial charge in [-0.15, -0.1) is 0 Å². The molecular weight excluding hydrogens is 410 g/mol. The lowest BCUT2D eigenvalue weighted by Crippen LogP contribution is -2.66. The van der Waals surface area contributed by atoms with Crippen molar-refractivity contribution in [2.24, 2.45) is 17.6 Å². The summed E-state index contributed by atoms with van der Waals surface area (Å²) in [6.07, 6.45) is 4.46. The Hall–Kier alpha value is -1.20. The summed E-state index contributed by atoms with van der Waals surface area (Å²) in [4.78, 5) is 10.9. The first-order valence-corrected chi connectivity index (χ1v) is 10.3. The van der Waals surface area contributed by atoms with Crippen LogP contribution < -0.4 is 10.0 Å². The number of halogens is 3. The van der Waals surface area contributed by atoms with Gasteiger partial charge in [-0.25, -0.2) is 23.1 Å². The fourth-order valence-electron chi connectivity index (χ4n) is 4.42. The Bertz CT molecular complexity index is 867. The summed E-state index contributed by atoms with van der Waals surface area (Å²) in [5.74, 6) is -2.12. The molecule has 0 radical (unpaired) electrons. The van der Waals surface area contributed by atoms with Crippen molar-refractivity contribution in [3.05, 3.63) is 17.5 Å². The van der Waals surface area contributed by atoms with Gasteiger partial charge in [0.05, 0.1) is 17.0 Å². The largest absolute Gasteiger partial charge is 0.396 e. The molecule has 0 bridgehead atoms. The van der Waals surface area contributed by atoms with Crippen LogP contribution in [0.3, 0.4) is 0 Å². The van der Waals surface area contributed by atoms with Crippen molar-refractivity contribution in [1.29, 1.82) is 0 Å². The number of fused-ring (bicyclic) bond motifs is 1. The number of hydrogen-bond acceptors (Lipinski definition) is 7. The molecule has 1 saturated carbocycles. The maximum Gasteiger partial charge on any atom is 0.263 e. The highest BCUT2D eigenvalue weighted by atomic mass is 35.5. The molecule has 0 unspecified atom stereocenters. The number of aromatic nitrogens is 3. The molecule has 0 amide bonds. The molecular formula is C17H23ClF2N6OS. The van der Waals surface area contributed by atoms with Crippen molar-refractivity contribution < 1.29 is 13.9 Å². The van der Waals surface area contributed by atoms with Crippen LogP contribution in [0, 0.1) is 5.41 Å². The van der Waals surface area contributed by atoms with Gasteiger partial charge in [0.1, 0.15) is 17.8 Å². The van der Waals surface area contributed by atoms with Gasteiger partial charge in [-0.3, -0.25) is 5.14 Å². The summed E-state index contributed by atoms with van der Waals surface area (Å²) in [6, 6.07) is 0.0208. The van der Waals surface area contributed by atoms with Crippen LogP contribution >= 0.6 is 23.7 Å². The van der Waals surface area contributed by atoms with Gasteiger partial charge in [0.2, 0.25) is 0 Å². The van der Waals surface area contributed by atoms with Crippen LogP contribution in [0.5, 0.6) is 0 Å². The third-order valence-corrected chi connectivity index (χ3v) is 6.77. The average Bonchev–Trinajstić information content (AvgIpc) is 2.86. The number of aliphatic hydroxyl groups is 1. The van der Waals surface area contributed by atoms with E-state index >= 15 is 0 Å². The number of alkyl halides is 2. The summed E-state index contributed by atoms with van der Waals surface area (Å²) < 4.78 is 31.1. The standard InChI is InChI=1S/C17H23ClF2N6OS/c1-24-6-12(18)13-14(24)22-10-23-15(13)25-7-16(8-25)4-11(5-16)26(28-21)9-17(19,20)2-3-27/h6,10-11,27H,2-5,7-9,21H2,1H3. The SMILES string of the molecule is Cn1cc(Cl)c2c(N3CC4(CC(N(CC(F)(F)CCO)SN)C4)C3)ncnc21. The molecule has 1 aliphatic carbocycles. The van der Waals surface area contributed by atoms with E-state index in [1.54, 1.807) is 10.6 Å². The van der Waals surface area contributed by atoms with E-state index in [2.05, 4.69) is 14.9 Å². The van der Waals surface area contributed by atoms with Crippen molar-refractivity contribution in [1.82, 2.24) is 18.8 Å². The van der Waals surface area contributed by atoms with E-state index < -0.39 is 25.5 Å². The number of nitrogens with two attached hydrogens (primary N) is 1. The van der Waals surface area contributed by atoms with Gasteiger partial charge in [0.15, 0.2) is 0 Å². The molecule has 1 saturated heterocycles. The molecule has 3 heterocycles. The lowest BCUT2D eigenvalue weighted by atomic mass is 9.60. The lowest BCUT2D eigenvalue weighted by molar-refractivity contribution is -0.0609. The maximum absolute atomic E-state index is 13.8. The second kappa shape index (κ2) is 7.24. The van der Waals surface area contributed by atoms with E-state index in [0.29, 0.717) is 5.02 Å². The van der Waals surface area contributed by atoms with Crippen LogP contribution in [0.15, 0.2) is 12.5 Å². The van der Waals surface area contributed by atoms with Gasteiger partial charge in [0.25, 0.3) is 5.92 Å². The van der Waals surface area contributed by atoms with Crippen molar-refractivity contribution in [2.45, 2.75) is 31.2 Å². The first-order chi connectivity index (χ1) is 13.3. The first kappa shape index (κ1) is 20.1. The van der Waals surface area contributed by atoms with Gasteiger partial charge in [-0.2, -0.15) is 0 Å². The molecule has 1 aliphatic heterocycles. The summed E-state index contributed by atoms with van der Waals surface area (Å²) in [6.45, 7) is 0.661. The molecule has 0 aromatic carbocycles. The second-order valence-corrected chi connectivity index (χ2v) is 9.00. The van der Waals surface area contributed by atoms with E-state index in [-0.39, 0.29) is 11.5 Å². The lowest BCUT2D eigenvalue weighted by Gasteiger charge is -2.61. The normalized spacial score (nSPS) is 19.5. The summed E-state index contributed by atoms with van der Waals surface area (Å²) in [5.41, 5.74) is 0.906. The van der Waals surface area contributed by atoms with Crippen molar-refractivity contribution in [3.8, 4) is 0 Å². The van der Waals surface area contributed by atoms with E-state index in [0.717, 1.165) is 54.9 Å². The zero-order valence-corrected chi connectivity index (χ0v) is 17.1. The first-order valence-electron chi connectivity index (χ1n) is 9.10. The highest BCUT2D eigenvalue weighted by Gasteiger charge is 2.55. The Morgan fingerprint density at radius 1 is 1.43 bits per heavy atom. The number of nitrogens with zero attached hydrogens (tertiary/aromatic N) is 5. The maximum atomic E-state index is 13.8. The van der Waals surface area contributed by atoms with Gasteiger partial charge < -0.3 is 14.6 Å². The van der Waals surface area contributed by atoms with E-state index in [4.69, 9.17) is 21.8 Å². The number of aryl methyl sites for hydroxylation is 1. The molecule has 2 aromatic heterocycles. The highest BCUT2D eigenvalue weighted by molar-refractivity contribution is 7.94. The third-order valence-electron chi connectivity index (χ3n) is 5.78. The smallest absolute Gasteiger partial charge is 0.263 e. The Morgan fingerprint density at radius 3 is 2.79 bits per heavy atom. The van der Waals surface area contributed by atoms with E-state index in [1.165, 1.54) is 0 Å². The van der Waals surface area contributed by atoms with E-state index in [9.17, 15) is 8.78 Å². The molecule has 3 N–H and O–H groups in total. The monoisotopic (exact) mass is 432 g/mol. The minimum absolute atomic E-state index is 0.0208. The predicted molar refractivity (Wildman–Crippen MR) is 106 cm³/mol. The van der Waals surface area contributed by atoms with Crippen LogP contribution in [0.1, 0.15) is 19.3 Å². The Kier molecular flexibility index (Phi) is 5.20. The van der Waals surface area contributed by atoms with Crippen LogP contribution in [-0.4, -0.2) is 62.2 Å². The van der Waals surface area contributed by atoms with Gasteiger partial charge >= 0.3 is 0 Å². The quantitative estimate of drug-likeness (QED) is 0.650. The molecule has 2 aliphatic rings. The van der Waals surface area contributed by atoms with Gasteiger partial charge in [0, 0.05) is 63.0 Å². The number of rotatable bonds is 7. The van der Waals surface area contributed by atoms with Crippen LogP contribution in [-0.2, 0) is 7.05 Å². The molecule has 4 rings (SSSR count). The number of anilines is 1. The zero-order chi connectivity index (χ0) is 20.1. The fourth-order valence-corrected chi connectivity index (χ4v) is 5.32. The molecule has 0 atom stereocenters. The van der Waals surface area contributed by atoms with Crippen LogP contribution in [0.2, 0.25) is 5.02 Å². The molecule has 154 valence electrons. The van der Waals surface area contributed by atoms with Crippen LogP contribution in [0.4, 0.5) is 14.6 Å². The van der Waals surface area contributed by atoms with Crippen molar-refractivity contribution in [3.63, 3.8) is 0 Å². The molecule has 28 heavy (non-hydrogen) atoms. The third kappa shape index (κ3) is 3.45. The topological polar surface area (TPSA) is 83.4 Å². The fraction of sp³-hybridized carbons (Fsp3) is 0.647. The van der Waals surface area contributed by atoms with Gasteiger partial charge in [-0.05, 0) is 12.8 Å². The number of aliphatic hydroxyl groups excluding tert-OH is 1. The van der Waals surface area contributed by atoms with E-state index in [1.807, 2.05) is 17.8 Å². The summed E-state index contributed by atoms with van der Waals surface area (Å²) in [5, 5.41) is 15.9. The second-order valence-electron chi connectivity index (χ2n) is 7.91. The number of hydrogen-bond donors (Lipinski definition) is 2. The van der Waals surface area contributed by atoms with Crippen molar-refractivity contribution >= 4 is 40.6 Å². The van der Waals surface area contributed by atoms with Gasteiger partial charge in [-0.1, -0.05) is 11.6 Å². The summed E-state index contributed by atoms with van der Waals surface area (Å²) >= 11 is 7.22. The molecule has 7 nitrogen and oxygen atoms in total. The van der Waals surface area contributed by atoms with Crippen LogP contribution in [0.25, 0.3) is 11.0 Å². The minimum Gasteiger partial charge on any atom is -0.396 e. The van der Waals surface area contributed by atoms with Crippen molar-refractivity contribution in [2.75, 3.05) is 31.1 Å². The highest BCUT2D eigenvalue weighted by Crippen LogP contribution is 2.53. The Labute approximate surface area is 171 Å². The Morgan fingerprint density at radius 2 is 2.14 bits per heavy atom. The average molecular weight is 433 g/mol. The molecule has 1 spiro atoms. The predicted octanol–water partition coefficient (Wildman–Crippen LogP) is 2.43. The summed E-state index contributed by atoms with van der Waals surface area (Å²) in [7, 11) is 1.89. The molecule has 2 aromatic rings. The minimum atomic E-state index is -2.94. The molecule has 2 fully saturated rings. The zero-order valence-electron chi connectivity index (χ0n) is 15.5. The molecule has 11 heteroatoms. The Balaban J connectivity index is 1.39.